The van der Waals surface area contributed by atoms with E-state index in [1.54, 1.807) is 5.56 Å². The molecule has 1 aromatic carbocycles. The van der Waals surface area contributed by atoms with Crippen molar-refractivity contribution in [1.29, 1.82) is 0 Å². The lowest BCUT2D eigenvalue weighted by atomic mass is 9.66. The van der Waals surface area contributed by atoms with Gasteiger partial charge in [0.2, 0.25) is 0 Å². The van der Waals surface area contributed by atoms with Crippen molar-refractivity contribution in [3.05, 3.63) is 35.4 Å². The van der Waals surface area contributed by atoms with Gasteiger partial charge in [-0.15, -0.1) is 0 Å². The summed E-state index contributed by atoms with van der Waals surface area (Å²) in [5.74, 6) is 4.25. The maximum atomic E-state index is 2.40. The van der Waals surface area contributed by atoms with Crippen LogP contribution in [0.15, 0.2) is 24.3 Å². The molecule has 0 aromatic heterocycles. The predicted octanol–water partition coefficient (Wildman–Crippen LogP) is 8.04. The molecule has 0 spiro atoms. The van der Waals surface area contributed by atoms with Gasteiger partial charge in [0, 0.05) is 10.5 Å². The van der Waals surface area contributed by atoms with Crippen LogP contribution >= 0.6 is 11.8 Å². The Kier molecular flexibility index (Phi) is 7.55. The molecule has 1 aromatic rings. The molecule has 2 atom stereocenters. The molecule has 2 unspecified atom stereocenters. The van der Waals surface area contributed by atoms with E-state index in [9.17, 15) is 0 Å². The molecule has 0 amide bonds. The van der Waals surface area contributed by atoms with Crippen molar-refractivity contribution in [1.82, 2.24) is 0 Å². The molecule has 1 heteroatoms. The van der Waals surface area contributed by atoms with Crippen molar-refractivity contribution in [3.63, 3.8) is 0 Å². The van der Waals surface area contributed by atoms with Gasteiger partial charge in [0.1, 0.15) is 0 Å². The zero-order valence-corrected chi connectivity index (χ0v) is 18.3. The summed E-state index contributed by atoms with van der Waals surface area (Å²) in [6, 6.07) is 9.54. The fourth-order valence-electron chi connectivity index (χ4n) is 5.23. The Morgan fingerprint density at radius 1 is 0.808 bits per heavy atom. The Labute approximate surface area is 166 Å². The SMILES string of the molecule is CC(C)(C)SCc1ccc(CCC2CCCCC2C2CCCCC2)cc1. The lowest BCUT2D eigenvalue weighted by molar-refractivity contribution is 0.122. The zero-order chi connectivity index (χ0) is 18.4. The van der Waals surface area contributed by atoms with Crippen LogP contribution in [0, 0.1) is 17.8 Å². The first-order valence-electron chi connectivity index (χ1n) is 11.2. The summed E-state index contributed by atoms with van der Waals surface area (Å²) >= 11 is 2.04. The largest absolute Gasteiger partial charge is 0.151 e. The first kappa shape index (κ1) is 20.3. The smallest absolute Gasteiger partial charge is 0.0189 e. The second kappa shape index (κ2) is 9.67. The zero-order valence-electron chi connectivity index (χ0n) is 17.4. The minimum Gasteiger partial charge on any atom is -0.151 e. The van der Waals surface area contributed by atoms with Crippen LogP contribution in [0.3, 0.4) is 0 Å². The van der Waals surface area contributed by atoms with Gasteiger partial charge in [-0.3, -0.25) is 0 Å². The first-order chi connectivity index (χ1) is 12.5. The summed E-state index contributed by atoms with van der Waals surface area (Å²) in [4.78, 5) is 0. The van der Waals surface area contributed by atoms with Gasteiger partial charge in [-0.05, 0) is 48.1 Å². The first-order valence-corrected chi connectivity index (χ1v) is 12.2. The molecule has 0 heterocycles. The topological polar surface area (TPSA) is 0 Å². The maximum absolute atomic E-state index is 2.40. The molecule has 2 saturated carbocycles. The highest BCUT2D eigenvalue weighted by Gasteiger charge is 2.32. The van der Waals surface area contributed by atoms with Gasteiger partial charge >= 0.3 is 0 Å². The molecule has 0 nitrogen and oxygen atoms in total. The van der Waals surface area contributed by atoms with Crippen molar-refractivity contribution >= 4 is 11.8 Å². The quantitative estimate of drug-likeness (QED) is 0.487. The summed E-state index contributed by atoms with van der Waals surface area (Å²) in [5.41, 5.74) is 3.04. The minimum atomic E-state index is 0.355. The van der Waals surface area contributed by atoms with Gasteiger partial charge in [-0.25, -0.2) is 0 Å². The average molecular weight is 373 g/mol. The molecule has 0 bridgehead atoms. The molecule has 2 aliphatic carbocycles. The monoisotopic (exact) mass is 372 g/mol. The number of aryl methyl sites for hydroxylation is 1. The number of benzene rings is 1. The van der Waals surface area contributed by atoms with E-state index in [1.807, 2.05) is 11.8 Å². The van der Waals surface area contributed by atoms with Crippen LogP contribution in [0.2, 0.25) is 0 Å². The van der Waals surface area contributed by atoms with E-state index in [2.05, 4.69) is 45.0 Å². The maximum Gasteiger partial charge on any atom is 0.0189 e. The summed E-state index contributed by atoms with van der Waals surface area (Å²) in [6.45, 7) is 6.91. The minimum absolute atomic E-state index is 0.355. The van der Waals surface area contributed by atoms with E-state index in [1.165, 1.54) is 76.2 Å². The molecule has 0 N–H and O–H groups in total. The van der Waals surface area contributed by atoms with Gasteiger partial charge in [-0.2, -0.15) is 11.8 Å². The Morgan fingerprint density at radius 3 is 2.12 bits per heavy atom. The van der Waals surface area contributed by atoms with Crippen LogP contribution in [0.4, 0.5) is 0 Å². The molecule has 2 fully saturated rings. The highest BCUT2D eigenvalue weighted by atomic mass is 32.2. The Balaban J connectivity index is 1.50. The van der Waals surface area contributed by atoms with Crippen LogP contribution in [0.25, 0.3) is 0 Å². The van der Waals surface area contributed by atoms with Crippen LogP contribution in [-0.2, 0) is 12.2 Å². The van der Waals surface area contributed by atoms with Crippen LogP contribution in [-0.4, -0.2) is 4.75 Å². The molecule has 26 heavy (non-hydrogen) atoms. The van der Waals surface area contributed by atoms with Gasteiger partial charge in [0.15, 0.2) is 0 Å². The summed E-state index contributed by atoms with van der Waals surface area (Å²) in [5, 5.41) is 0. The lowest BCUT2D eigenvalue weighted by Gasteiger charge is -2.39. The van der Waals surface area contributed by atoms with Gasteiger partial charge in [0.05, 0.1) is 0 Å². The summed E-state index contributed by atoms with van der Waals surface area (Å²) in [6.07, 6.45) is 16.3. The fourth-order valence-corrected chi connectivity index (χ4v) is 6.02. The van der Waals surface area contributed by atoms with E-state index < -0.39 is 0 Å². The van der Waals surface area contributed by atoms with E-state index in [4.69, 9.17) is 0 Å². The van der Waals surface area contributed by atoms with Crippen molar-refractivity contribution in [2.45, 2.75) is 102 Å². The van der Waals surface area contributed by atoms with Crippen molar-refractivity contribution in [2.75, 3.05) is 0 Å². The van der Waals surface area contributed by atoms with E-state index >= 15 is 0 Å². The molecule has 3 rings (SSSR count). The van der Waals surface area contributed by atoms with E-state index in [-0.39, 0.29) is 0 Å². The van der Waals surface area contributed by atoms with Gasteiger partial charge in [0.25, 0.3) is 0 Å². The number of thioether (sulfide) groups is 1. The highest BCUT2D eigenvalue weighted by Crippen LogP contribution is 2.43. The standard InChI is InChI=1S/C25H40S/c1-25(2,3)26-19-21-15-13-20(14-16-21)17-18-23-11-7-8-12-24(23)22-9-5-4-6-10-22/h13-16,22-24H,4-12,17-19H2,1-3H3. The van der Waals surface area contributed by atoms with Crippen molar-refractivity contribution < 1.29 is 0 Å². The highest BCUT2D eigenvalue weighted by molar-refractivity contribution is 7.99. The second-order valence-electron chi connectivity index (χ2n) is 9.86. The number of rotatable bonds is 6. The Morgan fingerprint density at radius 2 is 1.42 bits per heavy atom. The normalized spacial score (nSPS) is 25.3. The molecule has 2 aliphatic rings. The molecule has 0 saturated heterocycles. The average Bonchev–Trinajstić information content (AvgIpc) is 2.66. The Bertz CT molecular complexity index is 518. The number of hydrogen-bond acceptors (Lipinski definition) is 1. The van der Waals surface area contributed by atoms with E-state index in [0.717, 1.165) is 23.5 Å². The second-order valence-corrected chi connectivity index (χ2v) is 11.7. The summed E-state index contributed by atoms with van der Waals surface area (Å²) < 4.78 is 0.355. The van der Waals surface area contributed by atoms with Gasteiger partial charge < -0.3 is 0 Å². The molecule has 0 radical (unpaired) electrons. The third-order valence-electron chi connectivity index (χ3n) is 6.72. The third kappa shape index (κ3) is 6.32. The van der Waals surface area contributed by atoms with Crippen LogP contribution in [0.1, 0.15) is 96.1 Å². The van der Waals surface area contributed by atoms with Gasteiger partial charge in [-0.1, -0.05) is 96.4 Å². The molecular formula is C25H40S. The molecule has 0 aliphatic heterocycles. The lowest BCUT2D eigenvalue weighted by Crippen LogP contribution is -2.28. The molecule has 146 valence electrons. The predicted molar refractivity (Wildman–Crippen MR) is 118 cm³/mol. The molecular weight excluding hydrogens is 332 g/mol. The third-order valence-corrected chi connectivity index (χ3v) is 8.07. The summed E-state index contributed by atoms with van der Waals surface area (Å²) in [7, 11) is 0. The Hall–Kier alpha value is -0.430. The van der Waals surface area contributed by atoms with Crippen molar-refractivity contribution in [2.24, 2.45) is 17.8 Å². The fraction of sp³-hybridized carbons (Fsp3) is 0.760. The van der Waals surface area contributed by atoms with Crippen LogP contribution < -0.4 is 0 Å². The van der Waals surface area contributed by atoms with Crippen LogP contribution in [0.5, 0.6) is 0 Å². The van der Waals surface area contributed by atoms with Crippen molar-refractivity contribution in [3.8, 4) is 0 Å². The number of hydrogen-bond donors (Lipinski definition) is 0. The van der Waals surface area contributed by atoms with E-state index in [0.29, 0.717) is 4.75 Å².